The quantitative estimate of drug-likeness (QED) is 0.516. The first-order chi connectivity index (χ1) is 15.8. The van der Waals surface area contributed by atoms with Crippen LogP contribution in [0, 0.1) is 11.8 Å². The van der Waals surface area contributed by atoms with Crippen LogP contribution in [0.4, 0.5) is 5.69 Å². The fourth-order valence-electron chi connectivity index (χ4n) is 4.92. The second-order valence-electron chi connectivity index (χ2n) is 10.2. The zero-order valence-electron chi connectivity index (χ0n) is 19.8. The van der Waals surface area contributed by atoms with Gasteiger partial charge in [-0.2, -0.15) is 0 Å². The fraction of sp³-hybridized carbons (Fsp3) is 0.519. The van der Waals surface area contributed by atoms with Crippen LogP contribution in [0.25, 0.3) is 0 Å². The van der Waals surface area contributed by atoms with Crippen LogP contribution in [-0.2, 0) is 26.7 Å². The number of carbonyl (C=O) groups excluding carboxylic acids is 1. The first kappa shape index (κ1) is 23.8. The number of nitrogens with one attached hydrogen (secondary N) is 2. The molecule has 2 aliphatic carbocycles. The summed E-state index contributed by atoms with van der Waals surface area (Å²) in [5.41, 5.74) is 2.15. The van der Waals surface area contributed by atoms with E-state index in [9.17, 15) is 13.2 Å². The molecule has 0 aromatic heterocycles. The van der Waals surface area contributed by atoms with Crippen molar-refractivity contribution in [3.05, 3.63) is 59.7 Å². The first-order valence-electron chi connectivity index (χ1n) is 12.3. The predicted octanol–water partition coefficient (Wildman–Crippen LogP) is 5.41. The van der Waals surface area contributed by atoms with Gasteiger partial charge in [0.25, 0.3) is 10.0 Å². The SMILES string of the molecule is CC(C)Cc1ccc(S(=O)(=O)Nc2ccc(C3(C(=O)NCC4CCCCC4)CC3)cc2)cc1. The average molecular weight is 469 g/mol. The fourth-order valence-corrected chi connectivity index (χ4v) is 5.98. The number of anilines is 1. The van der Waals surface area contributed by atoms with E-state index in [2.05, 4.69) is 23.9 Å². The third-order valence-electron chi connectivity index (χ3n) is 7.03. The van der Waals surface area contributed by atoms with Gasteiger partial charge in [-0.1, -0.05) is 57.4 Å². The molecule has 2 aromatic rings. The van der Waals surface area contributed by atoms with E-state index in [0.29, 0.717) is 17.5 Å². The van der Waals surface area contributed by atoms with Gasteiger partial charge in [0.2, 0.25) is 5.91 Å². The summed E-state index contributed by atoms with van der Waals surface area (Å²) in [6.07, 6.45) is 8.88. The van der Waals surface area contributed by atoms with Crippen molar-refractivity contribution < 1.29 is 13.2 Å². The minimum absolute atomic E-state index is 0.114. The van der Waals surface area contributed by atoms with Gasteiger partial charge >= 0.3 is 0 Å². The van der Waals surface area contributed by atoms with Gasteiger partial charge in [-0.05, 0) is 79.3 Å². The molecule has 6 heteroatoms. The minimum Gasteiger partial charge on any atom is -0.355 e. The van der Waals surface area contributed by atoms with Crippen LogP contribution in [0.5, 0.6) is 0 Å². The van der Waals surface area contributed by atoms with Gasteiger partial charge in [0, 0.05) is 12.2 Å². The molecule has 2 fully saturated rings. The lowest BCUT2D eigenvalue weighted by Gasteiger charge is -2.23. The zero-order valence-corrected chi connectivity index (χ0v) is 20.6. The Morgan fingerprint density at radius 3 is 2.18 bits per heavy atom. The summed E-state index contributed by atoms with van der Waals surface area (Å²) in [7, 11) is -3.66. The van der Waals surface area contributed by atoms with Crippen LogP contribution in [0.3, 0.4) is 0 Å². The number of rotatable bonds is 9. The van der Waals surface area contributed by atoms with Crippen molar-refractivity contribution in [1.82, 2.24) is 5.32 Å². The van der Waals surface area contributed by atoms with E-state index < -0.39 is 15.4 Å². The zero-order chi connectivity index (χ0) is 23.5. The van der Waals surface area contributed by atoms with Gasteiger partial charge in [-0.25, -0.2) is 8.42 Å². The maximum atomic E-state index is 12.9. The van der Waals surface area contributed by atoms with Crippen LogP contribution in [0.1, 0.15) is 69.9 Å². The van der Waals surface area contributed by atoms with E-state index in [1.807, 2.05) is 24.3 Å². The summed E-state index contributed by atoms with van der Waals surface area (Å²) in [5, 5.41) is 3.19. The molecule has 0 bridgehead atoms. The van der Waals surface area contributed by atoms with Crippen LogP contribution in [-0.4, -0.2) is 20.9 Å². The predicted molar refractivity (Wildman–Crippen MR) is 133 cm³/mol. The Morgan fingerprint density at radius 1 is 0.970 bits per heavy atom. The molecule has 0 atom stereocenters. The molecule has 1 amide bonds. The second kappa shape index (κ2) is 9.88. The Balaban J connectivity index is 1.38. The number of hydrogen-bond donors (Lipinski definition) is 2. The topological polar surface area (TPSA) is 75.3 Å². The van der Waals surface area contributed by atoms with Crippen LogP contribution < -0.4 is 10.0 Å². The molecule has 0 spiro atoms. The van der Waals surface area contributed by atoms with E-state index in [0.717, 1.165) is 36.9 Å². The molecule has 178 valence electrons. The highest BCUT2D eigenvalue weighted by Crippen LogP contribution is 2.48. The number of benzene rings is 2. The number of carbonyl (C=O) groups is 1. The summed E-state index contributed by atoms with van der Waals surface area (Å²) < 4.78 is 28.3. The highest BCUT2D eigenvalue weighted by molar-refractivity contribution is 7.92. The summed E-state index contributed by atoms with van der Waals surface area (Å²) >= 11 is 0. The number of hydrogen-bond acceptors (Lipinski definition) is 3. The van der Waals surface area contributed by atoms with E-state index in [1.54, 1.807) is 24.3 Å². The molecule has 0 heterocycles. The second-order valence-corrected chi connectivity index (χ2v) is 11.9. The van der Waals surface area contributed by atoms with Gasteiger partial charge in [0.1, 0.15) is 0 Å². The van der Waals surface area contributed by atoms with Gasteiger partial charge in [0.15, 0.2) is 0 Å². The maximum Gasteiger partial charge on any atom is 0.261 e. The minimum atomic E-state index is -3.66. The van der Waals surface area contributed by atoms with Crippen LogP contribution in [0.15, 0.2) is 53.4 Å². The van der Waals surface area contributed by atoms with Gasteiger partial charge in [-0.3, -0.25) is 9.52 Å². The third kappa shape index (κ3) is 5.78. The summed E-state index contributed by atoms with van der Waals surface area (Å²) in [6.45, 7) is 5.05. The molecule has 4 rings (SSSR count). The smallest absolute Gasteiger partial charge is 0.261 e. The molecule has 2 aromatic carbocycles. The summed E-state index contributed by atoms with van der Waals surface area (Å²) in [4.78, 5) is 13.2. The lowest BCUT2D eigenvalue weighted by molar-refractivity contribution is -0.123. The Bertz CT molecular complexity index is 1050. The van der Waals surface area contributed by atoms with E-state index in [-0.39, 0.29) is 10.8 Å². The molecular weight excluding hydrogens is 432 g/mol. The van der Waals surface area contributed by atoms with Crippen molar-refractivity contribution in [3.63, 3.8) is 0 Å². The van der Waals surface area contributed by atoms with Gasteiger partial charge in [0.05, 0.1) is 10.3 Å². The van der Waals surface area contributed by atoms with Crippen molar-refractivity contribution in [2.75, 3.05) is 11.3 Å². The highest BCUT2D eigenvalue weighted by Gasteiger charge is 2.51. The number of sulfonamides is 1. The van der Waals surface area contributed by atoms with Gasteiger partial charge < -0.3 is 5.32 Å². The van der Waals surface area contributed by atoms with Crippen LogP contribution in [0.2, 0.25) is 0 Å². The lowest BCUT2D eigenvalue weighted by Crippen LogP contribution is -2.38. The lowest BCUT2D eigenvalue weighted by atomic mass is 9.88. The Hall–Kier alpha value is -2.34. The standard InChI is InChI=1S/C27H36N2O3S/c1-20(2)18-21-8-14-25(15-9-21)33(31,32)29-24-12-10-23(11-13-24)27(16-17-27)26(30)28-19-22-6-4-3-5-7-22/h8-15,20,22,29H,3-7,16-19H2,1-2H3,(H,28,30). The largest absolute Gasteiger partial charge is 0.355 e. The monoisotopic (exact) mass is 468 g/mol. The molecule has 0 aliphatic heterocycles. The van der Waals surface area contributed by atoms with Crippen molar-refractivity contribution in [2.45, 2.75) is 75.5 Å². The normalized spacial score (nSPS) is 18.2. The number of amides is 1. The highest BCUT2D eigenvalue weighted by atomic mass is 32.2. The van der Waals surface area contributed by atoms with Crippen molar-refractivity contribution in [2.24, 2.45) is 11.8 Å². The van der Waals surface area contributed by atoms with E-state index >= 15 is 0 Å². The van der Waals surface area contributed by atoms with Crippen molar-refractivity contribution in [3.8, 4) is 0 Å². The molecule has 2 saturated carbocycles. The van der Waals surface area contributed by atoms with Gasteiger partial charge in [-0.15, -0.1) is 0 Å². The van der Waals surface area contributed by atoms with E-state index in [1.165, 1.54) is 32.1 Å². The summed E-state index contributed by atoms with van der Waals surface area (Å²) in [5.74, 6) is 1.24. The molecular formula is C27H36N2O3S. The van der Waals surface area contributed by atoms with Crippen molar-refractivity contribution >= 4 is 21.6 Å². The average Bonchev–Trinajstić information content (AvgIpc) is 3.60. The molecule has 2 aliphatic rings. The third-order valence-corrected chi connectivity index (χ3v) is 8.43. The molecule has 2 N–H and O–H groups in total. The molecule has 0 saturated heterocycles. The van der Waals surface area contributed by atoms with Crippen molar-refractivity contribution in [1.29, 1.82) is 0 Å². The molecule has 33 heavy (non-hydrogen) atoms. The Morgan fingerprint density at radius 2 is 1.61 bits per heavy atom. The van der Waals surface area contributed by atoms with Crippen LogP contribution >= 0.6 is 0 Å². The molecule has 5 nitrogen and oxygen atoms in total. The Kier molecular flexibility index (Phi) is 7.13. The Labute approximate surface area is 198 Å². The molecule has 0 radical (unpaired) electrons. The molecule has 0 unspecified atom stereocenters. The first-order valence-corrected chi connectivity index (χ1v) is 13.8. The summed E-state index contributed by atoms with van der Waals surface area (Å²) in [6, 6.07) is 14.4. The maximum absolute atomic E-state index is 12.9. The van der Waals surface area contributed by atoms with E-state index in [4.69, 9.17) is 0 Å².